The van der Waals surface area contributed by atoms with Crippen LogP contribution in [0.2, 0.25) is 0 Å². The molecule has 0 saturated heterocycles. The number of aliphatic hydroxyl groups is 1. The Balaban J connectivity index is 2.32. The molecule has 0 radical (unpaired) electrons. The molecule has 0 aliphatic heterocycles. The van der Waals surface area contributed by atoms with Gasteiger partial charge in [0.1, 0.15) is 6.33 Å². The molecule has 100 valence electrons. The molecule has 1 atom stereocenters. The lowest BCUT2D eigenvalue weighted by atomic mass is 10.1. The van der Waals surface area contributed by atoms with E-state index in [1.807, 2.05) is 0 Å². The molecule has 7 heteroatoms. The number of hydrogen-bond donors (Lipinski definition) is 2. The van der Waals surface area contributed by atoms with Crippen molar-refractivity contribution >= 4 is 15.7 Å². The first-order chi connectivity index (χ1) is 8.99. The molecule has 1 aromatic carbocycles. The minimum absolute atomic E-state index is 0.0785. The maximum Gasteiger partial charge on any atom is 0.262 e. The van der Waals surface area contributed by atoms with E-state index in [9.17, 15) is 13.5 Å². The summed E-state index contributed by atoms with van der Waals surface area (Å²) in [4.78, 5) is 7.54. The van der Waals surface area contributed by atoms with E-state index in [0.717, 1.165) is 0 Å². The van der Waals surface area contributed by atoms with Crippen LogP contribution in [0.5, 0.6) is 0 Å². The summed E-state index contributed by atoms with van der Waals surface area (Å²) >= 11 is 0. The van der Waals surface area contributed by atoms with E-state index in [1.54, 1.807) is 19.1 Å². The summed E-state index contributed by atoms with van der Waals surface area (Å²) in [7, 11) is -3.71. The number of anilines is 1. The van der Waals surface area contributed by atoms with Crippen LogP contribution >= 0.6 is 0 Å². The highest BCUT2D eigenvalue weighted by Gasteiger charge is 2.15. The topological polar surface area (TPSA) is 92.2 Å². The van der Waals surface area contributed by atoms with Gasteiger partial charge in [-0.3, -0.25) is 4.72 Å². The molecule has 1 unspecified atom stereocenters. The van der Waals surface area contributed by atoms with E-state index in [1.165, 1.54) is 30.9 Å². The van der Waals surface area contributed by atoms with Crippen molar-refractivity contribution < 1.29 is 13.5 Å². The maximum absolute atomic E-state index is 12.1. The molecule has 0 spiro atoms. The lowest BCUT2D eigenvalue weighted by molar-refractivity contribution is 0.199. The molecule has 2 rings (SSSR count). The molecule has 0 aliphatic rings. The minimum Gasteiger partial charge on any atom is -0.389 e. The van der Waals surface area contributed by atoms with E-state index in [-0.39, 0.29) is 10.6 Å². The van der Waals surface area contributed by atoms with E-state index < -0.39 is 16.1 Å². The SMILES string of the molecule is CC(O)c1cccc(S(=O)(=O)Nc2cncnc2)c1. The monoisotopic (exact) mass is 279 g/mol. The van der Waals surface area contributed by atoms with Crippen LogP contribution in [-0.2, 0) is 10.0 Å². The Bertz CT molecular complexity index is 657. The van der Waals surface area contributed by atoms with Gasteiger partial charge in [-0.05, 0) is 24.6 Å². The fraction of sp³-hybridized carbons (Fsp3) is 0.167. The predicted octanol–water partition coefficient (Wildman–Crippen LogP) is 1.33. The minimum atomic E-state index is -3.71. The lowest BCUT2D eigenvalue weighted by Gasteiger charge is -2.10. The Morgan fingerprint density at radius 1 is 1.26 bits per heavy atom. The smallest absolute Gasteiger partial charge is 0.262 e. The molecule has 0 amide bonds. The van der Waals surface area contributed by atoms with Crippen molar-refractivity contribution in [1.82, 2.24) is 9.97 Å². The largest absolute Gasteiger partial charge is 0.389 e. The normalized spacial score (nSPS) is 12.9. The summed E-state index contributed by atoms with van der Waals surface area (Å²) < 4.78 is 26.6. The van der Waals surface area contributed by atoms with E-state index in [4.69, 9.17) is 0 Å². The van der Waals surface area contributed by atoms with Crippen LogP contribution in [0.15, 0.2) is 47.9 Å². The third-order valence-electron chi connectivity index (χ3n) is 2.46. The van der Waals surface area contributed by atoms with Crippen LogP contribution < -0.4 is 4.72 Å². The van der Waals surface area contributed by atoms with Gasteiger partial charge < -0.3 is 5.11 Å². The second-order valence-electron chi connectivity index (χ2n) is 3.98. The van der Waals surface area contributed by atoms with Crippen LogP contribution in [0.25, 0.3) is 0 Å². The van der Waals surface area contributed by atoms with Crippen molar-refractivity contribution in [1.29, 1.82) is 0 Å². The first-order valence-electron chi connectivity index (χ1n) is 5.55. The molecule has 1 aromatic heterocycles. The maximum atomic E-state index is 12.1. The van der Waals surface area contributed by atoms with Gasteiger partial charge in [0, 0.05) is 0 Å². The highest BCUT2D eigenvalue weighted by Crippen LogP contribution is 2.19. The van der Waals surface area contributed by atoms with E-state index in [2.05, 4.69) is 14.7 Å². The second kappa shape index (κ2) is 5.33. The Morgan fingerprint density at radius 3 is 2.58 bits per heavy atom. The van der Waals surface area contributed by atoms with Crippen molar-refractivity contribution in [2.24, 2.45) is 0 Å². The molecular formula is C12H13N3O3S. The Kier molecular flexibility index (Phi) is 3.77. The van der Waals surface area contributed by atoms with Crippen molar-refractivity contribution in [3.05, 3.63) is 48.5 Å². The summed E-state index contributed by atoms with van der Waals surface area (Å²) in [6, 6.07) is 6.13. The highest BCUT2D eigenvalue weighted by atomic mass is 32.2. The van der Waals surface area contributed by atoms with E-state index >= 15 is 0 Å². The third kappa shape index (κ3) is 3.27. The molecule has 1 heterocycles. The highest BCUT2D eigenvalue weighted by molar-refractivity contribution is 7.92. The average Bonchev–Trinajstić information content (AvgIpc) is 2.39. The third-order valence-corrected chi connectivity index (χ3v) is 3.84. The summed E-state index contributed by atoms with van der Waals surface area (Å²) in [6.07, 6.45) is 3.31. The first kappa shape index (κ1) is 13.4. The molecule has 2 aromatic rings. The van der Waals surface area contributed by atoms with Crippen LogP contribution in [0, 0.1) is 0 Å². The molecule has 0 bridgehead atoms. The number of nitrogens with one attached hydrogen (secondary N) is 1. The Hall–Kier alpha value is -1.99. The van der Waals surface area contributed by atoms with Gasteiger partial charge in [-0.2, -0.15) is 0 Å². The molecular weight excluding hydrogens is 266 g/mol. The first-order valence-corrected chi connectivity index (χ1v) is 7.03. The van der Waals surface area contributed by atoms with Crippen molar-refractivity contribution in [3.8, 4) is 0 Å². The second-order valence-corrected chi connectivity index (χ2v) is 5.66. The van der Waals surface area contributed by atoms with Gasteiger partial charge in [-0.1, -0.05) is 12.1 Å². The summed E-state index contributed by atoms with van der Waals surface area (Å²) in [5.74, 6) is 0. The molecule has 0 fully saturated rings. The van der Waals surface area contributed by atoms with Crippen LogP contribution in [0.4, 0.5) is 5.69 Å². The summed E-state index contributed by atoms with van der Waals surface area (Å²) in [6.45, 7) is 1.57. The Labute approximate surface area is 111 Å². The number of aliphatic hydroxyl groups excluding tert-OH is 1. The van der Waals surface area contributed by atoms with Gasteiger partial charge >= 0.3 is 0 Å². The summed E-state index contributed by atoms with van der Waals surface area (Å²) in [5, 5.41) is 9.47. The van der Waals surface area contributed by atoms with Crippen molar-refractivity contribution in [2.75, 3.05) is 4.72 Å². The van der Waals surface area contributed by atoms with Gasteiger partial charge in [0.2, 0.25) is 0 Å². The van der Waals surface area contributed by atoms with Crippen LogP contribution in [-0.4, -0.2) is 23.5 Å². The quantitative estimate of drug-likeness (QED) is 0.880. The standard InChI is InChI=1S/C12H13N3O3S/c1-9(16)10-3-2-4-12(5-10)19(17,18)15-11-6-13-8-14-7-11/h2-9,15-16H,1H3. The van der Waals surface area contributed by atoms with Gasteiger partial charge in [-0.25, -0.2) is 18.4 Å². The zero-order chi connectivity index (χ0) is 13.9. The zero-order valence-corrected chi connectivity index (χ0v) is 11.0. The van der Waals surface area contributed by atoms with Crippen LogP contribution in [0.1, 0.15) is 18.6 Å². The number of sulfonamides is 1. The van der Waals surface area contributed by atoms with Gasteiger partial charge in [-0.15, -0.1) is 0 Å². The fourth-order valence-electron chi connectivity index (χ4n) is 1.51. The van der Waals surface area contributed by atoms with Crippen molar-refractivity contribution in [3.63, 3.8) is 0 Å². The number of benzene rings is 1. The Morgan fingerprint density at radius 2 is 1.95 bits per heavy atom. The van der Waals surface area contributed by atoms with Gasteiger partial charge in [0.25, 0.3) is 10.0 Å². The predicted molar refractivity (Wildman–Crippen MR) is 69.9 cm³/mol. The molecule has 0 saturated carbocycles. The number of aromatic nitrogens is 2. The summed E-state index contributed by atoms with van der Waals surface area (Å²) in [5.41, 5.74) is 0.817. The lowest BCUT2D eigenvalue weighted by Crippen LogP contribution is -2.13. The van der Waals surface area contributed by atoms with Crippen LogP contribution in [0.3, 0.4) is 0 Å². The van der Waals surface area contributed by atoms with Gasteiger partial charge in [0.15, 0.2) is 0 Å². The molecule has 0 aliphatic carbocycles. The molecule has 2 N–H and O–H groups in total. The number of nitrogens with zero attached hydrogens (tertiary/aromatic N) is 2. The van der Waals surface area contributed by atoms with E-state index in [0.29, 0.717) is 5.56 Å². The van der Waals surface area contributed by atoms with Crippen molar-refractivity contribution in [2.45, 2.75) is 17.9 Å². The number of rotatable bonds is 4. The number of hydrogen-bond acceptors (Lipinski definition) is 5. The van der Waals surface area contributed by atoms with Gasteiger partial charge in [0.05, 0.1) is 29.1 Å². The fourth-order valence-corrected chi connectivity index (χ4v) is 2.59. The zero-order valence-electron chi connectivity index (χ0n) is 10.2. The molecule has 19 heavy (non-hydrogen) atoms. The average molecular weight is 279 g/mol. The molecule has 6 nitrogen and oxygen atoms in total.